The summed E-state index contributed by atoms with van der Waals surface area (Å²) in [6.45, 7) is 0.820. The minimum Gasteiger partial charge on any atom is -0.491 e. The summed E-state index contributed by atoms with van der Waals surface area (Å²) in [6.07, 6.45) is -2.84. The van der Waals surface area contributed by atoms with Crippen LogP contribution in [0.5, 0.6) is 5.75 Å². The summed E-state index contributed by atoms with van der Waals surface area (Å²) < 4.78 is 49.1. The molecule has 1 N–H and O–H groups in total. The maximum atomic E-state index is 12.9. The third-order valence-corrected chi connectivity index (χ3v) is 3.62. The number of nitrogens with one attached hydrogen (secondary N) is 1. The normalized spacial score (nSPS) is 23.0. The van der Waals surface area contributed by atoms with Gasteiger partial charge in [-0.25, -0.2) is 0 Å². The van der Waals surface area contributed by atoms with Crippen LogP contribution in [0.4, 0.5) is 13.2 Å². The van der Waals surface area contributed by atoms with Gasteiger partial charge in [-0.05, 0) is 25.3 Å². The van der Waals surface area contributed by atoms with Gasteiger partial charge in [-0.3, -0.25) is 5.32 Å². The zero-order valence-electron chi connectivity index (χ0n) is 12.0. The number of para-hydroxylation sites is 1. The highest BCUT2D eigenvalue weighted by Gasteiger charge is 2.42. The molecule has 0 spiro atoms. The van der Waals surface area contributed by atoms with Crippen LogP contribution in [0.15, 0.2) is 24.3 Å². The number of piperidine rings is 1. The molecule has 118 valence electrons. The quantitative estimate of drug-likeness (QED) is 0.845. The van der Waals surface area contributed by atoms with Crippen LogP contribution < -0.4 is 10.1 Å². The Hall–Kier alpha value is -1.27. The molecule has 6 heteroatoms. The highest BCUT2D eigenvalue weighted by Crippen LogP contribution is 2.36. The fourth-order valence-corrected chi connectivity index (χ4v) is 2.57. The predicted molar refractivity (Wildman–Crippen MR) is 73.4 cm³/mol. The molecule has 0 aromatic heterocycles. The summed E-state index contributed by atoms with van der Waals surface area (Å²) >= 11 is 0. The van der Waals surface area contributed by atoms with E-state index in [0.717, 1.165) is 5.56 Å². The van der Waals surface area contributed by atoms with Crippen LogP contribution >= 0.6 is 0 Å². The Morgan fingerprint density at radius 2 is 1.95 bits per heavy atom. The molecular weight excluding hydrogens is 283 g/mol. The van der Waals surface area contributed by atoms with E-state index in [2.05, 4.69) is 5.32 Å². The molecule has 0 aliphatic carbocycles. The molecule has 1 fully saturated rings. The second-order valence-electron chi connectivity index (χ2n) is 5.12. The Morgan fingerprint density at radius 1 is 1.19 bits per heavy atom. The fourth-order valence-electron chi connectivity index (χ4n) is 2.57. The van der Waals surface area contributed by atoms with Crippen LogP contribution in [0.1, 0.15) is 30.9 Å². The van der Waals surface area contributed by atoms with Crippen LogP contribution in [0.3, 0.4) is 0 Å². The van der Waals surface area contributed by atoms with Gasteiger partial charge in [0.05, 0.1) is 6.61 Å². The van der Waals surface area contributed by atoms with Gasteiger partial charge in [0.1, 0.15) is 18.4 Å². The number of methoxy groups -OCH3 is 1. The molecule has 2 unspecified atom stereocenters. The maximum Gasteiger partial charge on any atom is 0.403 e. The molecule has 2 atom stereocenters. The molecule has 3 nitrogen and oxygen atoms in total. The SMILES string of the molecule is COCCOc1ccccc1C1CCCC(C(F)(F)F)N1. The molecule has 1 aliphatic heterocycles. The zero-order valence-corrected chi connectivity index (χ0v) is 12.0. The Kier molecular flexibility index (Phi) is 5.47. The smallest absolute Gasteiger partial charge is 0.403 e. The highest BCUT2D eigenvalue weighted by molar-refractivity contribution is 5.36. The number of hydrogen-bond acceptors (Lipinski definition) is 3. The van der Waals surface area contributed by atoms with Crippen molar-refractivity contribution in [1.82, 2.24) is 5.32 Å². The molecule has 0 bridgehead atoms. The first-order valence-corrected chi connectivity index (χ1v) is 7.06. The lowest BCUT2D eigenvalue weighted by Crippen LogP contribution is -2.46. The van der Waals surface area contributed by atoms with Gasteiger partial charge in [-0.1, -0.05) is 18.2 Å². The first-order valence-electron chi connectivity index (χ1n) is 7.06. The van der Waals surface area contributed by atoms with Gasteiger partial charge in [0.2, 0.25) is 0 Å². The topological polar surface area (TPSA) is 30.5 Å². The lowest BCUT2D eigenvalue weighted by molar-refractivity contribution is -0.163. The van der Waals surface area contributed by atoms with E-state index in [4.69, 9.17) is 9.47 Å². The van der Waals surface area contributed by atoms with Gasteiger partial charge in [-0.2, -0.15) is 13.2 Å². The fraction of sp³-hybridized carbons (Fsp3) is 0.600. The monoisotopic (exact) mass is 303 g/mol. The first kappa shape index (κ1) is 16.1. The molecule has 21 heavy (non-hydrogen) atoms. The Balaban J connectivity index is 2.10. The molecule has 1 aliphatic rings. The van der Waals surface area contributed by atoms with Crippen molar-refractivity contribution < 1.29 is 22.6 Å². The van der Waals surface area contributed by atoms with Crippen LogP contribution in [0.25, 0.3) is 0 Å². The second kappa shape index (κ2) is 7.13. The molecule has 0 saturated carbocycles. The van der Waals surface area contributed by atoms with Crippen LogP contribution in [0.2, 0.25) is 0 Å². The Morgan fingerprint density at radius 3 is 2.67 bits per heavy atom. The largest absolute Gasteiger partial charge is 0.491 e. The third-order valence-electron chi connectivity index (χ3n) is 3.62. The van der Waals surface area contributed by atoms with Gasteiger partial charge in [0.15, 0.2) is 0 Å². The van der Waals surface area contributed by atoms with Gasteiger partial charge < -0.3 is 9.47 Å². The lowest BCUT2D eigenvalue weighted by Gasteiger charge is -2.33. The van der Waals surface area contributed by atoms with Crippen molar-refractivity contribution in [3.05, 3.63) is 29.8 Å². The number of alkyl halides is 3. The number of rotatable bonds is 5. The number of ether oxygens (including phenoxy) is 2. The molecule has 1 heterocycles. The van der Waals surface area contributed by atoms with Crippen molar-refractivity contribution in [2.24, 2.45) is 0 Å². The predicted octanol–water partition coefficient (Wildman–Crippen LogP) is 3.46. The minimum absolute atomic E-state index is 0.132. The Labute approximate surface area is 122 Å². The number of halogens is 3. The summed E-state index contributed by atoms with van der Waals surface area (Å²) in [4.78, 5) is 0. The average Bonchev–Trinajstić information content (AvgIpc) is 2.47. The van der Waals surface area contributed by atoms with Crippen molar-refractivity contribution in [3.63, 3.8) is 0 Å². The molecule has 2 rings (SSSR count). The third kappa shape index (κ3) is 4.35. The van der Waals surface area contributed by atoms with E-state index in [1.807, 2.05) is 18.2 Å². The van der Waals surface area contributed by atoms with Crippen molar-refractivity contribution in [1.29, 1.82) is 0 Å². The second-order valence-corrected chi connectivity index (χ2v) is 5.12. The van der Waals surface area contributed by atoms with E-state index in [1.54, 1.807) is 13.2 Å². The van der Waals surface area contributed by atoms with Crippen LogP contribution in [-0.2, 0) is 4.74 Å². The summed E-state index contributed by atoms with van der Waals surface area (Å²) in [5, 5.41) is 2.70. The molecular formula is C15H20F3NO2. The van der Waals surface area contributed by atoms with Crippen molar-refractivity contribution in [2.75, 3.05) is 20.3 Å². The summed E-state index contributed by atoms with van der Waals surface area (Å²) in [5.74, 6) is 0.620. The van der Waals surface area contributed by atoms with Gasteiger partial charge in [0.25, 0.3) is 0 Å². The number of hydrogen-bond donors (Lipinski definition) is 1. The van der Waals surface area contributed by atoms with Crippen molar-refractivity contribution in [3.8, 4) is 5.75 Å². The lowest BCUT2D eigenvalue weighted by atomic mass is 9.92. The summed E-state index contributed by atoms with van der Waals surface area (Å²) in [7, 11) is 1.58. The molecule has 0 amide bonds. The Bertz CT molecular complexity index is 451. The van der Waals surface area contributed by atoms with E-state index in [9.17, 15) is 13.2 Å². The molecule has 1 saturated heterocycles. The molecule has 1 aromatic carbocycles. The van der Waals surface area contributed by atoms with E-state index in [-0.39, 0.29) is 12.5 Å². The van der Waals surface area contributed by atoms with E-state index in [1.165, 1.54) is 0 Å². The van der Waals surface area contributed by atoms with Crippen LogP contribution in [-0.4, -0.2) is 32.5 Å². The number of benzene rings is 1. The minimum atomic E-state index is -4.20. The van der Waals surface area contributed by atoms with Crippen molar-refractivity contribution in [2.45, 2.75) is 37.5 Å². The summed E-state index contributed by atoms with van der Waals surface area (Å²) in [5.41, 5.74) is 0.780. The molecule has 1 aromatic rings. The van der Waals surface area contributed by atoms with Crippen LogP contribution in [0, 0.1) is 0 Å². The van der Waals surface area contributed by atoms with E-state index < -0.39 is 12.2 Å². The van der Waals surface area contributed by atoms with Gasteiger partial charge in [0, 0.05) is 18.7 Å². The standard InChI is InChI=1S/C15H20F3NO2/c1-20-9-10-21-13-7-3-2-5-11(13)12-6-4-8-14(19-12)15(16,17)18/h2-3,5,7,12,14,19H,4,6,8-10H2,1H3. The highest BCUT2D eigenvalue weighted by atomic mass is 19.4. The summed E-state index contributed by atoms with van der Waals surface area (Å²) in [6, 6.07) is 5.46. The maximum absolute atomic E-state index is 12.9. The van der Waals surface area contributed by atoms with Gasteiger partial charge >= 0.3 is 6.18 Å². The molecule has 0 radical (unpaired) electrons. The van der Waals surface area contributed by atoms with Crippen molar-refractivity contribution >= 4 is 0 Å². The van der Waals surface area contributed by atoms with E-state index >= 15 is 0 Å². The average molecular weight is 303 g/mol. The first-order chi connectivity index (χ1) is 10.0. The van der Waals surface area contributed by atoms with Gasteiger partial charge in [-0.15, -0.1) is 0 Å². The van der Waals surface area contributed by atoms with E-state index in [0.29, 0.717) is 31.8 Å². The zero-order chi connectivity index (χ0) is 15.3.